The molecule has 0 N–H and O–H groups in total. The van der Waals surface area contributed by atoms with E-state index in [-0.39, 0.29) is 17.8 Å². The first-order valence-corrected chi connectivity index (χ1v) is 10.7. The van der Waals surface area contributed by atoms with Gasteiger partial charge in [0, 0.05) is 36.3 Å². The summed E-state index contributed by atoms with van der Waals surface area (Å²) in [5.74, 6) is -0.651. The molecular weight excluding hydrogens is 395 g/mol. The van der Waals surface area contributed by atoms with E-state index in [4.69, 9.17) is 4.74 Å². The third kappa shape index (κ3) is 4.60. The number of halogens is 1. The SMILES string of the molecule is CCOC(=O)/C=C/c1cnn2c1CCC(C)=C(N1CCCC1c1cncc(F)c1)C=C2. The Kier molecular flexibility index (Phi) is 6.30. The Morgan fingerprint density at radius 2 is 2.19 bits per heavy atom. The topological polar surface area (TPSA) is 60.2 Å². The number of allylic oxidation sites excluding steroid dienone is 2. The number of rotatable bonds is 5. The second-order valence-electron chi connectivity index (χ2n) is 7.85. The molecular formula is C24H27FN4O2. The van der Waals surface area contributed by atoms with Crippen LogP contribution < -0.4 is 0 Å². The second-order valence-corrected chi connectivity index (χ2v) is 7.85. The Hall–Kier alpha value is -3.22. The predicted octanol–water partition coefficient (Wildman–Crippen LogP) is 4.52. The molecule has 2 aromatic rings. The number of esters is 1. The van der Waals surface area contributed by atoms with Crippen LogP contribution in [-0.2, 0) is 16.0 Å². The van der Waals surface area contributed by atoms with Gasteiger partial charge in [-0.3, -0.25) is 4.98 Å². The molecule has 0 amide bonds. The summed E-state index contributed by atoms with van der Waals surface area (Å²) in [7, 11) is 0. The standard InChI is InChI=1S/C24H27FN4O2/c1-3-31-24(30)9-7-18-15-27-29-12-10-21(17(2)6-8-23(18)29)28-11-4-5-22(28)19-13-20(25)16-26-14-19/h7,9-10,12-16,22H,3-6,8,11H2,1-2H3/b9-7+,12-10?,21-17?. The zero-order valence-corrected chi connectivity index (χ0v) is 17.9. The van der Waals surface area contributed by atoms with Crippen molar-refractivity contribution in [3.05, 3.63) is 70.7 Å². The fourth-order valence-corrected chi connectivity index (χ4v) is 4.35. The van der Waals surface area contributed by atoms with E-state index in [0.29, 0.717) is 6.61 Å². The first-order valence-electron chi connectivity index (χ1n) is 10.7. The van der Waals surface area contributed by atoms with Crippen LogP contribution in [0.25, 0.3) is 12.3 Å². The fourth-order valence-electron chi connectivity index (χ4n) is 4.35. The maximum absolute atomic E-state index is 13.8. The molecule has 2 aliphatic rings. The van der Waals surface area contributed by atoms with Gasteiger partial charge in [0.1, 0.15) is 5.82 Å². The van der Waals surface area contributed by atoms with Gasteiger partial charge < -0.3 is 9.64 Å². The molecule has 0 aromatic carbocycles. The van der Waals surface area contributed by atoms with Crippen molar-refractivity contribution in [3.8, 4) is 0 Å². The number of carbonyl (C=O) groups excluding carboxylic acids is 1. The van der Waals surface area contributed by atoms with Gasteiger partial charge in [0.15, 0.2) is 0 Å². The van der Waals surface area contributed by atoms with Crippen molar-refractivity contribution >= 4 is 18.2 Å². The van der Waals surface area contributed by atoms with Gasteiger partial charge in [0.25, 0.3) is 0 Å². The molecule has 1 unspecified atom stereocenters. The van der Waals surface area contributed by atoms with E-state index in [1.165, 1.54) is 17.8 Å². The molecule has 2 aliphatic heterocycles. The Bertz CT molecular complexity index is 1050. The van der Waals surface area contributed by atoms with Crippen molar-refractivity contribution in [2.75, 3.05) is 13.2 Å². The van der Waals surface area contributed by atoms with Crippen LogP contribution in [0.3, 0.4) is 0 Å². The lowest BCUT2D eigenvalue weighted by molar-refractivity contribution is -0.137. The normalized spacial score (nSPS) is 18.9. The molecule has 4 rings (SSSR count). The number of carbonyl (C=O) groups is 1. The second kappa shape index (κ2) is 9.29. The highest BCUT2D eigenvalue weighted by molar-refractivity contribution is 5.87. The minimum Gasteiger partial charge on any atom is -0.463 e. The van der Waals surface area contributed by atoms with Crippen LogP contribution in [-0.4, -0.2) is 38.8 Å². The van der Waals surface area contributed by atoms with Crippen LogP contribution >= 0.6 is 0 Å². The molecule has 0 spiro atoms. The highest BCUT2D eigenvalue weighted by atomic mass is 19.1. The quantitative estimate of drug-likeness (QED) is 0.524. The smallest absolute Gasteiger partial charge is 0.330 e. The molecule has 0 bridgehead atoms. The van der Waals surface area contributed by atoms with Crippen molar-refractivity contribution in [1.29, 1.82) is 0 Å². The van der Waals surface area contributed by atoms with E-state index in [1.807, 2.05) is 10.9 Å². The summed E-state index contributed by atoms with van der Waals surface area (Å²) in [6, 6.07) is 1.71. The largest absolute Gasteiger partial charge is 0.463 e. The zero-order valence-electron chi connectivity index (χ0n) is 17.9. The van der Waals surface area contributed by atoms with E-state index in [1.54, 1.807) is 31.5 Å². The van der Waals surface area contributed by atoms with E-state index >= 15 is 0 Å². The predicted molar refractivity (Wildman–Crippen MR) is 117 cm³/mol. The average Bonchev–Trinajstić information content (AvgIpc) is 3.37. The molecule has 2 aromatic heterocycles. The van der Waals surface area contributed by atoms with E-state index in [2.05, 4.69) is 28.0 Å². The van der Waals surface area contributed by atoms with Gasteiger partial charge in [-0.1, -0.05) is 0 Å². The summed E-state index contributed by atoms with van der Waals surface area (Å²) in [6.07, 6.45) is 15.8. The number of fused-ring (bicyclic) bond motifs is 1. The molecule has 31 heavy (non-hydrogen) atoms. The van der Waals surface area contributed by atoms with Crippen molar-refractivity contribution < 1.29 is 13.9 Å². The molecule has 1 atom stereocenters. The Morgan fingerprint density at radius 3 is 3.00 bits per heavy atom. The summed E-state index contributed by atoms with van der Waals surface area (Å²) in [4.78, 5) is 18.1. The molecule has 0 aliphatic carbocycles. The highest BCUT2D eigenvalue weighted by Gasteiger charge is 2.29. The van der Waals surface area contributed by atoms with Gasteiger partial charge in [0.05, 0.1) is 30.7 Å². The van der Waals surface area contributed by atoms with E-state index in [9.17, 15) is 9.18 Å². The first kappa shape index (κ1) is 21.0. The third-order valence-corrected chi connectivity index (χ3v) is 5.84. The van der Waals surface area contributed by atoms with Crippen LogP contribution in [0.4, 0.5) is 4.39 Å². The highest BCUT2D eigenvalue weighted by Crippen LogP contribution is 2.37. The molecule has 1 saturated heterocycles. The summed E-state index contributed by atoms with van der Waals surface area (Å²) in [6.45, 7) is 5.22. The van der Waals surface area contributed by atoms with Crippen LogP contribution in [0.2, 0.25) is 0 Å². The Morgan fingerprint density at radius 1 is 1.32 bits per heavy atom. The molecule has 0 radical (unpaired) electrons. The van der Waals surface area contributed by atoms with Crippen LogP contribution in [0.5, 0.6) is 0 Å². The Labute approximate surface area is 181 Å². The van der Waals surface area contributed by atoms with Crippen molar-refractivity contribution in [3.63, 3.8) is 0 Å². The van der Waals surface area contributed by atoms with Crippen LogP contribution in [0, 0.1) is 5.82 Å². The van der Waals surface area contributed by atoms with Gasteiger partial charge in [0.2, 0.25) is 0 Å². The first-order chi connectivity index (χ1) is 15.1. The molecule has 7 heteroatoms. The van der Waals surface area contributed by atoms with Gasteiger partial charge >= 0.3 is 5.97 Å². The molecule has 1 fully saturated rings. The van der Waals surface area contributed by atoms with E-state index < -0.39 is 0 Å². The lowest BCUT2D eigenvalue weighted by Gasteiger charge is -2.30. The monoisotopic (exact) mass is 422 g/mol. The maximum atomic E-state index is 13.8. The lowest BCUT2D eigenvalue weighted by Crippen LogP contribution is -2.24. The summed E-state index contributed by atoms with van der Waals surface area (Å²) in [5.41, 5.74) is 5.33. The number of nitrogens with zero attached hydrogens (tertiary/aromatic N) is 4. The zero-order chi connectivity index (χ0) is 21.8. The van der Waals surface area contributed by atoms with Gasteiger partial charge in [-0.25, -0.2) is 13.9 Å². The number of likely N-dealkylation sites (tertiary alicyclic amines) is 1. The van der Waals surface area contributed by atoms with Crippen molar-refractivity contribution in [2.24, 2.45) is 0 Å². The van der Waals surface area contributed by atoms with Gasteiger partial charge in [-0.15, -0.1) is 0 Å². The van der Waals surface area contributed by atoms with Gasteiger partial charge in [-0.2, -0.15) is 5.10 Å². The number of hydrogen-bond acceptors (Lipinski definition) is 5. The summed E-state index contributed by atoms with van der Waals surface area (Å²) < 4.78 is 20.6. The molecule has 162 valence electrons. The summed E-state index contributed by atoms with van der Waals surface area (Å²) >= 11 is 0. The van der Waals surface area contributed by atoms with Gasteiger partial charge in [-0.05, 0) is 68.9 Å². The lowest BCUT2D eigenvalue weighted by atomic mass is 10.0. The Balaban J connectivity index is 1.59. The summed E-state index contributed by atoms with van der Waals surface area (Å²) in [5, 5.41) is 4.48. The molecule has 6 nitrogen and oxygen atoms in total. The fraction of sp³-hybridized carbons (Fsp3) is 0.375. The molecule has 0 saturated carbocycles. The van der Waals surface area contributed by atoms with Crippen molar-refractivity contribution in [2.45, 2.75) is 45.6 Å². The minimum absolute atomic E-state index is 0.123. The van der Waals surface area contributed by atoms with Crippen molar-refractivity contribution in [1.82, 2.24) is 19.7 Å². The average molecular weight is 423 g/mol. The van der Waals surface area contributed by atoms with Crippen LogP contribution in [0.15, 0.2) is 48.1 Å². The molecule has 4 heterocycles. The van der Waals surface area contributed by atoms with E-state index in [0.717, 1.165) is 54.7 Å². The third-order valence-electron chi connectivity index (χ3n) is 5.84. The maximum Gasteiger partial charge on any atom is 0.330 e. The minimum atomic E-state index is -0.353. The number of pyridine rings is 1. The number of ether oxygens (including phenoxy) is 1. The van der Waals surface area contributed by atoms with Crippen LogP contribution in [0.1, 0.15) is 56.0 Å². The number of aromatic nitrogens is 3. The number of hydrogen-bond donors (Lipinski definition) is 0.